The number of amides is 1. The summed E-state index contributed by atoms with van der Waals surface area (Å²) in [6, 6.07) is 3.04. The number of furan rings is 1. The highest BCUT2D eigenvalue weighted by molar-refractivity contribution is 5.84. The minimum Gasteiger partial charge on any atom is -0.475 e. The zero-order valence-corrected chi connectivity index (χ0v) is 10.6. The summed E-state index contributed by atoms with van der Waals surface area (Å²) in [5, 5.41) is 11.3. The molecule has 0 fully saturated rings. The Balaban J connectivity index is 2.63. The van der Waals surface area contributed by atoms with Gasteiger partial charge in [0.1, 0.15) is 5.76 Å². The van der Waals surface area contributed by atoms with Crippen LogP contribution in [0.5, 0.6) is 0 Å². The summed E-state index contributed by atoms with van der Waals surface area (Å²) in [6.07, 6.45) is 0.906. The zero-order chi connectivity index (χ0) is 13.5. The third kappa shape index (κ3) is 4.21. The van der Waals surface area contributed by atoms with E-state index in [4.69, 9.17) is 9.52 Å². The lowest BCUT2D eigenvalue weighted by Crippen LogP contribution is -2.35. The number of carbonyl (C=O) groups excluding carboxylic acids is 1. The first-order valence-corrected chi connectivity index (χ1v) is 5.81. The van der Waals surface area contributed by atoms with E-state index in [-0.39, 0.29) is 18.2 Å². The SMILES string of the molecule is CCCN(CC(=O)NC)Cc1ccc(C(=O)O)o1. The molecule has 1 amide bonds. The van der Waals surface area contributed by atoms with Crippen LogP contribution in [0, 0.1) is 0 Å². The lowest BCUT2D eigenvalue weighted by Gasteiger charge is -2.19. The fourth-order valence-corrected chi connectivity index (χ4v) is 1.61. The van der Waals surface area contributed by atoms with Gasteiger partial charge in [0, 0.05) is 7.05 Å². The van der Waals surface area contributed by atoms with E-state index in [1.54, 1.807) is 13.1 Å². The maximum Gasteiger partial charge on any atom is 0.371 e. The summed E-state index contributed by atoms with van der Waals surface area (Å²) in [6.45, 7) is 3.46. The Hall–Kier alpha value is -1.82. The molecule has 0 spiro atoms. The lowest BCUT2D eigenvalue weighted by atomic mass is 10.3. The van der Waals surface area contributed by atoms with Crippen molar-refractivity contribution in [1.29, 1.82) is 0 Å². The smallest absolute Gasteiger partial charge is 0.371 e. The number of nitrogens with one attached hydrogen (secondary N) is 1. The van der Waals surface area contributed by atoms with Gasteiger partial charge in [0.2, 0.25) is 11.7 Å². The van der Waals surface area contributed by atoms with E-state index in [1.807, 2.05) is 11.8 Å². The second kappa shape index (κ2) is 6.80. The van der Waals surface area contributed by atoms with Crippen LogP contribution >= 0.6 is 0 Å². The van der Waals surface area contributed by atoms with Crippen molar-refractivity contribution in [2.24, 2.45) is 0 Å². The molecule has 6 heteroatoms. The molecule has 0 atom stereocenters. The summed E-state index contributed by atoms with van der Waals surface area (Å²) in [4.78, 5) is 23.9. The minimum absolute atomic E-state index is 0.0755. The van der Waals surface area contributed by atoms with Gasteiger partial charge >= 0.3 is 5.97 Å². The number of aromatic carboxylic acids is 1. The number of rotatable bonds is 7. The number of likely N-dealkylation sites (N-methyl/N-ethyl adjacent to an activating group) is 1. The van der Waals surface area contributed by atoms with Crippen molar-refractivity contribution in [2.75, 3.05) is 20.1 Å². The highest BCUT2D eigenvalue weighted by Gasteiger charge is 2.14. The summed E-state index contributed by atoms with van der Waals surface area (Å²) < 4.78 is 5.16. The molecule has 1 rings (SSSR count). The number of carbonyl (C=O) groups is 2. The van der Waals surface area contributed by atoms with Crippen LogP contribution in [-0.4, -0.2) is 42.0 Å². The third-order valence-electron chi connectivity index (χ3n) is 2.44. The van der Waals surface area contributed by atoms with Crippen molar-refractivity contribution in [3.63, 3.8) is 0 Å². The molecule has 1 aromatic heterocycles. The van der Waals surface area contributed by atoms with Gasteiger partial charge in [-0.25, -0.2) is 4.79 Å². The van der Waals surface area contributed by atoms with Crippen LogP contribution in [0.25, 0.3) is 0 Å². The molecule has 2 N–H and O–H groups in total. The van der Waals surface area contributed by atoms with Gasteiger partial charge in [0.05, 0.1) is 13.1 Å². The highest BCUT2D eigenvalue weighted by atomic mass is 16.4. The van der Waals surface area contributed by atoms with E-state index in [0.29, 0.717) is 12.3 Å². The van der Waals surface area contributed by atoms with Crippen LogP contribution in [0.15, 0.2) is 16.5 Å². The first-order chi connectivity index (χ1) is 8.56. The average molecular weight is 254 g/mol. The van der Waals surface area contributed by atoms with Crippen LogP contribution in [0.4, 0.5) is 0 Å². The predicted molar refractivity (Wildman–Crippen MR) is 65.3 cm³/mol. The quantitative estimate of drug-likeness (QED) is 0.756. The van der Waals surface area contributed by atoms with E-state index >= 15 is 0 Å². The monoisotopic (exact) mass is 254 g/mol. The molecule has 0 unspecified atom stereocenters. The van der Waals surface area contributed by atoms with Crippen LogP contribution in [0.2, 0.25) is 0 Å². The standard InChI is InChI=1S/C12H18N2O4/c1-3-6-14(8-11(15)13-2)7-9-4-5-10(18-9)12(16)17/h4-5H,3,6-8H2,1-2H3,(H,13,15)(H,16,17). The Morgan fingerprint density at radius 2 is 2.17 bits per heavy atom. The Bertz CT molecular complexity index is 414. The maximum atomic E-state index is 11.3. The Morgan fingerprint density at radius 3 is 2.67 bits per heavy atom. The first-order valence-electron chi connectivity index (χ1n) is 5.81. The topological polar surface area (TPSA) is 82.8 Å². The van der Waals surface area contributed by atoms with Gasteiger partial charge < -0.3 is 14.8 Å². The summed E-state index contributed by atoms with van der Waals surface area (Å²) in [5.74, 6) is -0.700. The lowest BCUT2D eigenvalue weighted by molar-refractivity contribution is -0.121. The molecule has 0 aliphatic heterocycles. The zero-order valence-electron chi connectivity index (χ0n) is 10.6. The molecule has 1 heterocycles. The van der Waals surface area contributed by atoms with Gasteiger partial charge in [-0.15, -0.1) is 0 Å². The second-order valence-electron chi connectivity index (χ2n) is 3.95. The molecule has 1 aromatic rings. The van der Waals surface area contributed by atoms with Crippen molar-refractivity contribution in [1.82, 2.24) is 10.2 Å². The van der Waals surface area contributed by atoms with Crippen LogP contribution in [-0.2, 0) is 11.3 Å². The fourth-order valence-electron chi connectivity index (χ4n) is 1.61. The van der Waals surface area contributed by atoms with Crippen molar-refractivity contribution < 1.29 is 19.1 Å². The van der Waals surface area contributed by atoms with Gasteiger partial charge in [-0.1, -0.05) is 6.92 Å². The largest absolute Gasteiger partial charge is 0.475 e. The van der Waals surface area contributed by atoms with Crippen LogP contribution in [0.3, 0.4) is 0 Å². The molecule has 0 saturated carbocycles. The number of carboxylic acid groups (broad SMARTS) is 1. The molecule has 0 bridgehead atoms. The Kier molecular flexibility index (Phi) is 5.38. The number of carboxylic acids is 1. The molecule has 0 aromatic carbocycles. The number of hydrogen-bond acceptors (Lipinski definition) is 4. The summed E-state index contributed by atoms with van der Waals surface area (Å²) in [7, 11) is 1.59. The van der Waals surface area contributed by atoms with Gasteiger partial charge in [-0.05, 0) is 25.1 Å². The predicted octanol–water partition coefficient (Wildman–Crippen LogP) is 0.936. The highest BCUT2D eigenvalue weighted by Crippen LogP contribution is 2.11. The Morgan fingerprint density at radius 1 is 1.44 bits per heavy atom. The summed E-state index contributed by atoms with van der Waals surface area (Å²) >= 11 is 0. The van der Waals surface area contributed by atoms with Crippen molar-refractivity contribution in [2.45, 2.75) is 19.9 Å². The minimum atomic E-state index is -1.09. The molecule has 0 saturated heterocycles. The summed E-state index contributed by atoms with van der Waals surface area (Å²) in [5.41, 5.74) is 0. The number of hydrogen-bond donors (Lipinski definition) is 2. The third-order valence-corrected chi connectivity index (χ3v) is 2.44. The molecule has 100 valence electrons. The second-order valence-corrected chi connectivity index (χ2v) is 3.95. The van der Waals surface area contributed by atoms with Gasteiger partial charge in [-0.3, -0.25) is 9.69 Å². The van der Waals surface area contributed by atoms with E-state index in [1.165, 1.54) is 6.07 Å². The van der Waals surface area contributed by atoms with E-state index in [2.05, 4.69) is 5.32 Å². The molecular weight excluding hydrogens is 236 g/mol. The van der Waals surface area contributed by atoms with Crippen molar-refractivity contribution in [3.8, 4) is 0 Å². The molecule has 0 aliphatic rings. The van der Waals surface area contributed by atoms with Gasteiger partial charge in [0.15, 0.2) is 0 Å². The average Bonchev–Trinajstić information content (AvgIpc) is 2.77. The van der Waals surface area contributed by atoms with E-state index in [9.17, 15) is 9.59 Å². The maximum absolute atomic E-state index is 11.3. The van der Waals surface area contributed by atoms with Crippen molar-refractivity contribution >= 4 is 11.9 Å². The number of nitrogens with zero attached hydrogens (tertiary/aromatic N) is 1. The fraction of sp³-hybridized carbons (Fsp3) is 0.500. The van der Waals surface area contributed by atoms with E-state index < -0.39 is 5.97 Å². The van der Waals surface area contributed by atoms with Gasteiger partial charge in [0.25, 0.3) is 0 Å². The molecule has 0 radical (unpaired) electrons. The van der Waals surface area contributed by atoms with Crippen molar-refractivity contribution in [3.05, 3.63) is 23.7 Å². The van der Waals surface area contributed by atoms with Gasteiger partial charge in [-0.2, -0.15) is 0 Å². The normalized spacial score (nSPS) is 10.6. The molecular formula is C12H18N2O4. The van der Waals surface area contributed by atoms with Crippen LogP contribution in [0.1, 0.15) is 29.7 Å². The molecule has 6 nitrogen and oxygen atoms in total. The Labute approximate surface area is 106 Å². The van der Waals surface area contributed by atoms with Crippen LogP contribution < -0.4 is 5.32 Å². The first kappa shape index (κ1) is 14.2. The van der Waals surface area contributed by atoms with E-state index in [0.717, 1.165) is 13.0 Å². The molecule has 18 heavy (non-hydrogen) atoms. The molecule has 0 aliphatic carbocycles.